The third kappa shape index (κ3) is 5.01. The molecule has 0 amide bonds. The van der Waals surface area contributed by atoms with Crippen molar-refractivity contribution in [2.24, 2.45) is 0 Å². The maximum atomic E-state index is 13.1. The fourth-order valence-electron chi connectivity index (χ4n) is 3.77. The average molecular weight is 418 g/mol. The van der Waals surface area contributed by atoms with Crippen LogP contribution in [0.4, 0.5) is 13.2 Å². The van der Waals surface area contributed by atoms with Gasteiger partial charge >= 0.3 is 6.18 Å². The van der Waals surface area contributed by atoms with E-state index in [1.54, 1.807) is 19.1 Å². The van der Waals surface area contributed by atoms with Crippen molar-refractivity contribution in [2.75, 3.05) is 27.2 Å². The molecule has 2 aromatic rings. The first-order valence-electron chi connectivity index (χ1n) is 9.71. The summed E-state index contributed by atoms with van der Waals surface area (Å²) in [4.78, 5) is 2.04. The molecule has 1 unspecified atom stereocenters. The summed E-state index contributed by atoms with van der Waals surface area (Å²) in [5, 5.41) is 9.14. The Labute approximate surface area is 174 Å². The largest absolute Gasteiger partial charge is 0.416 e. The first-order chi connectivity index (χ1) is 14.1. The highest BCUT2D eigenvalue weighted by Crippen LogP contribution is 2.40. The van der Waals surface area contributed by atoms with Crippen LogP contribution in [-0.4, -0.2) is 32.1 Å². The van der Waals surface area contributed by atoms with E-state index >= 15 is 0 Å². The smallest absolute Gasteiger partial charge is 0.373 e. The summed E-state index contributed by atoms with van der Waals surface area (Å²) < 4.78 is 51.3. The van der Waals surface area contributed by atoms with E-state index in [9.17, 15) is 13.2 Å². The van der Waals surface area contributed by atoms with Gasteiger partial charge in [-0.05, 0) is 68.4 Å². The second-order valence-corrected chi connectivity index (χ2v) is 8.02. The molecule has 0 spiro atoms. The number of aryl methyl sites for hydroxylation is 1. The van der Waals surface area contributed by atoms with Gasteiger partial charge in [-0.3, -0.25) is 0 Å². The first-order valence-corrected chi connectivity index (χ1v) is 9.71. The molecule has 1 atom stereocenters. The summed E-state index contributed by atoms with van der Waals surface area (Å²) >= 11 is 0. The van der Waals surface area contributed by atoms with Gasteiger partial charge in [0.25, 0.3) is 0 Å². The van der Waals surface area contributed by atoms with Crippen LogP contribution in [0.3, 0.4) is 0 Å². The van der Waals surface area contributed by atoms with Gasteiger partial charge in [-0.15, -0.1) is 0 Å². The lowest BCUT2D eigenvalue weighted by atomic mass is 9.89. The number of fused-ring (bicyclic) bond motifs is 1. The number of benzene rings is 2. The Morgan fingerprint density at radius 2 is 1.97 bits per heavy atom. The van der Waals surface area contributed by atoms with Crippen LogP contribution in [0.2, 0.25) is 0 Å². The number of ether oxygens (including phenoxy) is 2. The monoisotopic (exact) mass is 418 g/mol. The van der Waals surface area contributed by atoms with Crippen molar-refractivity contribution in [2.45, 2.75) is 38.3 Å². The highest BCUT2D eigenvalue weighted by molar-refractivity contribution is 5.43. The van der Waals surface area contributed by atoms with Crippen LogP contribution in [0.25, 0.3) is 0 Å². The minimum Gasteiger partial charge on any atom is -0.373 e. The third-order valence-corrected chi connectivity index (χ3v) is 5.26. The van der Waals surface area contributed by atoms with Crippen molar-refractivity contribution < 1.29 is 22.6 Å². The molecular weight excluding hydrogens is 393 g/mol. The highest BCUT2D eigenvalue weighted by Gasteiger charge is 2.40. The van der Waals surface area contributed by atoms with Gasteiger partial charge in [0, 0.05) is 6.54 Å². The van der Waals surface area contributed by atoms with Crippen molar-refractivity contribution in [1.82, 2.24) is 4.90 Å². The molecule has 0 radical (unpaired) electrons. The molecule has 4 nitrogen and oxygen atoms in total. The van der Waals surface area contributed by atoms with Gasteiger partial charge in [0.2, 0.25) is 0 Å². The molecule has 3 rings (SSSR count). The third-order valence-electron chi connectivity index (χ3n) is 5.26. The van der Waals surface area contributed by atoms with Crippen LogP contribution in [0.15, 0.2) is 36.4 Å². The van der Waals surface area contributed by atoms with E-state index in [-0.39, 0.29) is 13.2 Å². The predicted octanol–water partition coefficient (Wildman–Crippen LogP) is 4.78. The van der Waals surface area contributed by atoms with Crippen LogP contribution >= 0.6 is 0 Å². The van der Waals surface area contributed by atoms with Crippen molar-refractivity contribution in [3.63, 3.8) is 0 Å². The number of alkyl halides is 3. The molecule has 1 heterocycles. The maximum absolute atomic E-state index is 13.1. The number of halogens is 3. The Bertz CT molecular complexity index is 950. The van der Waals surface area contributed by atoms with Crippen molar-refractivity contribution >= 4 is 0 Å². The van der Waals surface area contributed by atoms with Gasteiger partial charge in [0.1, 0.15) is 5.60 Å². The molecule has 0 N–H and O–H groups in total. The molecule has 0 saturated heterocycles. The summed E-state index contributed by atoms with van der Waals surface area (Å²) in [6, 6.07) is 11.6. The highest BCUT2D eigenvalue weighted by atomic mass is 19.4. The molecule has 160 valence electrons. The lowest BCUT2D eigenvalue weighted by molar-refractivity contribution is -0.137. The van der Waals surface area contributed by atoms with E-state index in [1.165, 1.54) is 0 Å². The van der Waals surface area contributed by atoms with Gasteiger partial charge in [-0.25, -0.2) is 0 Å². The van der Waals surface area contributed by atoms with Crippen LogP contribution in [0.1, 0.15) is 39.8 Å². The second-order valence-electron chi connectivity index (χ2n) is 8.02. The summed E-state index contributed by atoms with van der Waals surface area (Å²) in [7, 11) is 3.93. The van der Waals surface area contributed by atoms with E-state index < -0.39 is 17.3 Å². The molecule has 0 fully saturated rings. The number of nitrogens with zero attached hydrogens (tertiary/aromatic N) is 2. The predicted molar refractivity (Wildman–Crippen MR) is 107 cm³/mol. The molecule has 2 aromatic carbocycles. The topological polar surface area (TPSA) is 45.5 Å². The summed E-state index contributed by atoms with van der Waals surface area (Å²) in [5.74, 6) is 0. The summed E-state index contributed by atoms with van der Waals surface area (Å²) in [5.41, 5.74) is 2.15. The molecule has 0 aliphatic carbocycles. The number of nitriles is 1. The van der Waals surface area contributed by atoms with Crippen molar-refractivity contribution in [1.29, 1.82) is 5.26 Å². The zero-order chi connectivity index (χ0) is 21.9. The lowest BCUT2D eigenvalue weighted by Gasteiger charge is -2.31. The van der Waals surface area contributed by atoms with Gasteiger partial charge in [-0.2, -0.15) is 18.4 Å². The van der Waals surface area contributed by atoms with E-state index in [0.717, 1.165) is 29.8 Å². The Kier molecular flexibility index (Phi) is 6.51. The van der Waals surface area contributed by atoms with Crippen LogP contribution < -0.4 is 0 Å². The SMILES string of the molecule is Cc1cc(COCC2(CCN(C)C)OCc3cc(C#N)ccc32)cc(C(F)(F)F)c1. The minimum absolute atomic E-state index is 0.0590. The number of hydrogen-bond acceptors (Lipinski definition) is 4. The number of hydrogen-bond donors (Lipinski definition) is 0. The first kappa shape index (κ1) is 22.3. The van der Waals surface area contributed by atoms with Crippen LogP contribution in [-0.2, 0) is 34.5 Å². The fourth-order valence-corrected chi connectivity index (χ4v) is 3.77. The lowest BCUT2D eigenvalue weighted by Crippen LogP contribution is -2.35. The molecule has 0 saturated carbocycles. The van der Waals surface area contributed by atoms with Crippen molar-refractivity contribution in [3.05, 3.63) is 69.8 Å². The fraction of sp³-hybridized carbons (Fsp3) is 0.435. The van der Waals surface area contributed by atoms with E-state index in [2.05, 4.69) is 6.07 Å². The van der Waals surface area contributed by atoms with E-state index in [0.29, 0.717) is 29.7 Å². The number of rotatable bonds is 7. The van der Waals surface area contributed by atoms with Gasteiger partial charge < -0.3 is 14.4 Å². The molecule has 7 heteroatoms. The zero-order valence-corrected chi connectivity index (χ0v) is 17.3. The molecule has 0 aromatic heterocycles. The average Bonchev–Trinajstić information content (AvgIpc) is 3.03. The van der Waals surface area contributed by atoms with Crippen molar-refractivity contribution in [3.8, 4) is 6.07 Å². The molecule has 0 bridgehead atoms. The Morgan fingerprint density at radius 3 is 2.63 bits per heavy atom. The quantitative estimate of drug-likeness (QED) is 0.649. The van der Waals surface area contributed by atoms with E-state index in [1.807, 2.05) is 31.1 Å². The van der Waals surface area contributed by atoms with Gasteiger partial charge in [-0.1, -0.05) is 17.7 Å². The normalized spacial score (nSPS) is 18.5. The second kappa shape index (κ2) is 8.76. The molecule has 1 aliphatic rings. The minimum atomic E-state index is -4.39. The van der Waals surface area contributed by atoms with E-state index in [4.69, 9.17) is 14.7 Å². The Hall–Kier alpha value is -2.40. The standard InChI is InChI=1S/C23H25F3N2O2/c1-16-8-18(11-20(9-16)23(24,25)26)13-29-15-22(6-7-28(2)3)21-5-4-17(12-27)10-19(21)14-30-22/h4-5,8-11H,6-7,13-15H2,1-3H3. The molecule has 1 aliphatic heterocycles. The van der Waals surface area contributed by atoms with Gasteiger partial charge in [0.05, 0.1) is 37.0 Å². The van der Waals surface area contributed by atoms with Gasteiger partial charge in [0.15, 0.2) is 0 Å². The van der Waals surface area contributed by atoms with Crippen LogP contribution in [0, 0.1) is 18.3 Å². The summed E-state index contributed by atoms with van der Waals surface area (Å²) in [6.07, 6.45) is -3.72. The Balaban J connectivity index is 1.79. The Morgan fingerprint density at radius 1 is 1.20 bits per heavy atom. The van der Waals surface area contributed by atoms with Crippen LogP contribution in [0.5, 0.6) is 0 Å². The molecule has 30 heavy (non-hydrogen) atoms. The maximum Gasteiger partial charge on any atom is 0.416 e. The summed E-state index contributed by atoms with van der Waals surface area (Å²) in [6.45, 7) is 3.05. The zero-order valence-electron chi connectivity index (χ0n) is 17.3. The molecular formula is C23H25F3N2O2.